The molecule has 0 saturated heterocycles. The van der Waals surface area contributed by atoms with Gasteiger partial charge >= 0.3 is 0 Å². The largest absolute Gasteiger partial charge is 0.330 e. The Labute approximate surface area is 143 Å². The molecule has 0 aliphatic rings. The molecule has 24 heavy (non-hydrogen) atoms. The third kappa shape index (κ3) is 3.60. The first kappa shape index (κ1) is 16.1. The summed E-state index contributed by atoms with van der Waals surface area (Å²) in [5.74, 6) is -0.404. The number of rotatable bonds is 5. The number of hydrogen-bond donors (Lipinski definition) is 1. The number of fused-ring (bicyclic) bond motifs is 1. The number of carbonyl (C=O) groups excluding carboxylic acids is 2. The van der Waals surface area contributed by atoms with Crippen LogP contribution in [-0.2, 0) is 4.79 Å². The Bertz CT molecular complexity index is 862. The maximum atomic E-state index is 12.7. The highest BCUT2D eigenvalue weighted by molar-refractivity contribution is 7.13. The molecule has 0 aliphatic heterocycles. The number of carbonyl (C=O) groups is 2. The first-order chi connectivity index (χ1) is 11.7. The van der Waals surface area contributed by atoms with Crippen molar-refractivity contribution in [3.63, 3.8) is 0 Å². The molecule has 0 radical (unpaired) electrons. The van der Waals surface area contributed by atoms with E-state index in [2.05, 4.69) is 10.3 Å². The van der Waals surface area contributed by atoms with Crippen molar-refractivity contribution in [3.05, 3.63) is 59.6 Å². The van der Waals surface area contributed by atoms with Crippen LogP contribution in [-0.4, -0.2) is 34.8 Å². The highest BCUT2D eigenvalue weighted by Gasteiger charge is 2.18. The van der Waals surface area contributed by atoms with Crippen LogP contribution in [0.1, 0.15) is 17.3 Å². The lowest BCUT2D eigenvalue weighted by atomic mass is 10.1. The second kappa shape index (κ2) is 7.23. The predicted octanol–water partition coefficient (Wildman–Crippen LogP) is 3.40. The summed E-state index contributed by atoms with van der Waals surface area (Å²) in [5, 5.41) is 7.11. The fourth-order valence-corrected chi connectivity index (χ4v) is 2.99. The van der Waals surface area contributed by atoms with Crippen molar-refractivity contribution in [2.45, 2.75) is 6.92 Å². The van der Waals surface area contributed by atoms with Gasteiger partial charge in [-0.15, -0.1) is 11.3 Å². The van der Waals surface area contributed by atoms with Crippen LogP contribution in [0.15, 0.2) is 54.0 Å². The molecular formula is C18H17N3O2S. The first-order valence-electron chi connectivity index (χ1n) is 7.65. The monoisotopic (exact) mass is 339 g/mol. The maximum absolute atomic E-state index is 12.7. The number of nitrogens with zero attached hydrogens (tertiary/aromatic N) is 2. The molecule has 1 N–H and O–H groups in total. The molecule has 0 saturated carbocycles. The van der Waals surface area contributed by atoms with Gasteiger partial charge in [0.1, 0.15) is 6.54 Å². The summed E-state index contributed by atoms with van der Waals surface area (Å²) in [6, 6.07) is 13.5. The van der Waals surface area contributed by atoms with Crippen LogP contribution in [0.3, 0.4) is 0 Å². The van der Waals surface area contributed by atoms with E-state index >= 15 is 0 Å². The molecule has 2 amide bonds. The molecular weight excluding hydrogens is 322 g/mol. The van der Waals surface area contributed by atoms with Crippen LogP contribution in [0.5, 0.6) is 0 Å². The van der Waals surface area contributed by atoms with Crippen molar-refractivity contribution in [2.24, 2.45) is 0 Å². The van der Waals surface area contributed by atoms with Gasteiger partial charge in [-0.3, -0.25) is 9.59 Å². The normalized spacial score (nSPS) is 10.5. The van der Waals surface area contributed by atoms with Gasteiger partial charge in [-0.25, -0.2) is 4.98 Å². The number of aromatic nitrogens is 1. The highest BCUT2D eigenvalue weighted by Crippen LogP contribution is 2.17. The molecule has 0 unspecified atom stereocenters. The average molecular weight is 339 g/mol. The van der Waals surface area contributed by atoms with E-state index in [9.17, 15) is 9.59 Å². The Morgan fingerprint density at radius 3 is 2.67 bits per heavy atom. The zero-order valence-electron chi connectivity index (χ0n) is 13.2. The molecule has 0 atom stereocenters. The van der Waals surface area contributed by atoms with Gasteiger partial charge in [0.15, 0.2) is 5.13 Å². The minimum absolute atomic E-state index is 0.00173. The van der Waals surface area contributed by atoms with Crippen LogP contribution >= 0.6 is 11.3 Å². The molecule has 122 valence electrons. The average Bonchev–Trinajstić information content (AvgIpc) is 3.11. The summed E-state index contributed by atoms with van der Waals surface area (Å²) in [4.78, 5) is 30.3. The van der Waals surface area contributed by atoms with Gasteiger partial charge in [-0.05, 0) is 29.8 Å². The lowest BCUT2D eigenvalue weighted by Crippen LogP contribution is -2.37. The molecule has 5 nitrogen and oxygen atoms in total. The van der Waals surface area contributed by atoms with E-state index in [0.717, 1.165) is 10.8 Å². The highest BCUT2D eigenvalue weighted by atomic mass is 32.1. The van der Waals surface area contributed by atoms with E-state index in [-0.39, 0.29) is 18.4 Å². The number of anilines is 1. The fourth-order valence-electron chi connectivity index (χ4n) is 2.45. The van der Waals surface area contributed by atoms with E-state index < -0.39 is 0 Å². The van der Waals surface area contributed by atoms with Gasteiger partial charge in [0, 0.05) is 23.7 Å². The zero-order valence-corrected chi connectivity index (χ0v) is 14.0. The van der Waals surface area contributed by atoms with E-state index in [1.165, 1.54) is 16.2 Å². The van der Waals surface area contributed by atoms with E-state index in [0.29, 0.717) is 17.2 Å². The molecule has 0 spiro atoms. The summed E-state index contributed by atoms with van der Waals surface area (Å²) < 4.78 is 0. The lowest BCUT2D eigenvalue weighted by Gasteiger charge is -2.20. The summed E-state index contributed by atoms with van der Waals surface area (Å²) in [7, 11) is 0. The molecule has 3 aromatic rings. The van der Waals surface area contributed by atoms with Crippen LogP contribution < -0.4 is 5.32 Å². The van der Waals surface area contributed by atoms with Crippen LogP contribution in [0.4, 0.5) is 5.13 Å². The number of hydrogen-bond acceptors (Lipinski definition) is 4. The SMILES string of the molecule is CCN(CC(=O)Nc1nccs1)C(=O)c1ccc2ccccc2c1. The molecule has 0 fully saturated rings. The van der Waals surface area contributed by atoms with Crippen molar-refractivity contribution < 1.29 is 9.59 Å². The zero-order chi connectivity index (χ0) is 16.9. The molecule has 6 heteroatoms. The Kier molecular flexibility index (Phi) is 4.86. The van der Waals surface area contributed by atoms with Gasteiger partial charge in [0.2, 0.25) is 5.91 Å². The topological polar surface area (TPSA) is 62.3 Å². The van der Waals surface area contributed by atoms with E-state index in [1.54, 1.807) is 17.6 Å². The Morgan fingerprint density at radius 2 is 1.96 bits per heavy atom. The predicted molar refractivity (Wildman–Crippen MR) is 96.3 cm³/mol. The summed E-state index contributed by atoms with van der Waals surface area (Å²) in [5.41, 5.74) is 0.581. The molecule has 3 rings (SSSR count). The second-order valence-corrected chi connectivity index (χ2v) is 6.16. The molecule has 1 aromatic heterocycles. The van der Waals surface area contributed by atoms with Crippen molar-refractivity contribution in [3.8, 4) is 0 Å². The standard InChI is InChI=1S/C18H17N3O2S/c1-2-21(12-16(22)20-18-19-9-10-24-18)17(23)15-8-7-13-5-3-4-6-14(13)11-15/h3-11H,2,12H2,1H3,(H,19,20,22). The molecule has 0 aliphatic carbocycles. The maximum Gasteiger partial charge on any atom is 0.254 e. The minimum atomic E-state index is -0.249. The Morgan fingerprint density at radius 1 is 1.17 bits per heavy atom. The minimum Gasteiger partial charge on any atom is -0.330 e. The Hall–Kier alpha value is -2.73. The molecule has 0 bridgehead atoms. The number of amides is 2. The van der Waals surface area contributed by atoms with Gasteiger partial charge < -0.3 is 10.2 Å². The van der Waals surface area contributed by atoms with E-state index in [1.807, 2.05) is 43.3 Å². The molecule has 1 heterocycles. The van der Waals surface area contributed by atoms with Crippen LogP contribution in [0.2, 0.25) is 0 Å². The number of nitrogens with one attached hydrogen (secondary N) is 1. The van der Waals surface area contributed by atoms with E-state index in [4.69, 9.17) is 0 Å². The number of benzene rings is 2. The summed E-state index contributed by atoms with van der Waals surface area (Å²) in [6.07, 6.45) is 1.62. The van der Waals surface area contributed by atoms with Crippen LogP contribution in [0.25, 0.3) is 10.8 Å². The van der Waals surface area contributed by atoms with Crippen LogP contribution in [0, 0.1) is 0 Å². The smallest absolute Gasteiger partial charge is 0.254 e. The summed E-state index contributed by atoms with van der Waals surface area (Å²) >= 11 is 1.35. The number of likely N-dealkylation sites (N-methyl/N-ethyl adjacent to an activating group) is 1. The summed E-state index contributed by atoms with van der Waals surface area (Å²) in [6.45, 7) is 2.31. The van der Waals surface area contributed by atoms with Gasteiger partial charge in [-0.2, -0.15) is 0 Å². The third-order valence-electron chi connectivity index (χ3n) is 3.68. The fraction of sp³-hybridized carbons (Fsp3) is 0.167. The second-order valence-electron chi connectivity index (χ2n) is 5.27. The first-order valence-corrected chi connectivity index (χ1v) is 8.52. The van der Waals surface area contributed by atoms with Gasteiger partial charge in [0.25, 0.3) is 5.91 Å². The Balaban J connectivity index is 1.73. The third-order valence-corrected chi connectivity index (χ3v) is 4.37. The van der Waals surface area contributed by atoms with Crippen molar-refractivity contribution in [1.29, 1.82) is 0 Å². The van der Waals surface area contributed by atoms with Crippen molar-refractivity contribution in [1.82, 2.24) is 9.88 Å². The quantitative estimate of drug-likeness (QED) is 0.775. The molecule has 2 aromatic carbocycles. The van der Waals surface area contributed by atoms with Crippen molar-refractivity contribution in [2.75, 3.05) is 18.4 Å². The lowest BCUT2D eigenvalue weighted by molar-refractivity contribution is -0.116. The van der Waals surface area contributed by atoms with Crippen molar-refractivity contribution >= 4 is 39.1 Å². The van der Waals surface area contributed by atoms with Gasteiger partial charge in [-0.1, -0.05) is 30.3 Å². The van der Waals surface area contributed by atoms with Gasteiger partial charge in [0.05, 0.1) is 0 Å². The number of thiazole rings is 1.